The SMILES string of the molecule is C#CC(C)c1cc(OC)c(OC)c([N+](=O)[O-])c1. The zero-order chi connectivity index (χ0) is 13.0. The van der Waals surface area contributed by atoms with Gasteiger partial charge in [-0.15, -0.1) is 6.42 Å². The molecule has 0 N–H and O–H groups in total. The van der Waals surface area contributed by atoms with Crippen LogP contribution in [0.1, 0.15) is 18.4 Å². The van der Waals surface area contributed by atoms with Crippen molar-refractivity contribution in [2.24, 2.45) is 0 Å². The lowest BCUT2D eigenvalue weighted by molar-refractivity contribution is -0.385. The smallest absolute Gasteiger partial charge is 0.315 e. The van der Waals surface area contributed by atoms with Crippen molar-refractivity contribution in [3.8, 4) is 23.8 Å². The van der Waals surface area contributed by atoms with Crippen molar-refractivity contribution in [1.29, 1.82) is 0 Å². The van der Waals surface area contributed by atoms with Gasteiger partial charge in [0, 0.05) is 12.0 Å². The molecule has 0 radical (unpaired) electrons. The Hall–Kier alpha value is -2.22. The van der Waals surface area contributed by atoms with E-state index in [1.54, 1.807) is 13.0 Å². The van der Waals surface area contributed by atoms with E-state index in [1.807, 2.05) is 0 Å². The van der Waals surface area contributed by atoms with Crippen LogP contribution in [0.4, 0.5) is 5.69 Å². The number of terminal acetylenes is 1. The quantitative estimate of drug-likeness (QED) is 0.456. The van der Waals surface area contributed by atoms with E-state index in [0.29, 0.717) is 11.3 Å². The van der Waals surface area contributed by atoms with Crippen molar-refractivity contribution in [3.05, 3.63) is 27.8 Å². The molecule has 0 amide bonds. The lowest BCUT2D eigenvalue weighted by Gasteiger charge is -2.11. The summed E-state index contributed by atoms with van der Waals surface area (Å²) in [6.07, 6.45) is 5.30. The Labute approximate surface area is 99.5 Å². The molecule has 0 heterocycles. The second-order valence-electron chi connectivity index (χ2n) is 3.42. The molecule has 0 aliphatic carbocycles. The number of hydrogen-bond donors (Lipinski definition) is 0. The minimum absolute atomic E-state index is 0.102. The molecule has 0 aliphatic heterocycles. The van der Waals surface area contributed by atoms with Crippen molar-refractivity contribution >= 4 is 5.69 Å². The maximum atomic E-state index is 10.9. The number of benzene rings is 1. The van der Waals surface area contributed by atoms with Crippen molar-refractivity contribution in [1.82, 2.24) is 0 Å². The largest absolute Gasteiger partial charge is 0.493 e. The highest BCUT2D eigenvalue weighted by Crippen LogP contribution is 2.39. The summed E-state index contributed by atoms with van der Waals surface area (Å²) < 4.78 is 10.0. The number of nitro groups is 1. The molecule has 5 nitrogen and oxygen atoms in total. The summed E-state index contributed by atoms with van der Waals surface area (Å²) in [7, 11) is 2.78. The molecule has 0 bridgehead atoms. The predicted octanol–water partition coefficient (Wildman–Crippen LogP) is 2.35. The van der Waals surface area contributed by atoms with Gasteiger partial charge >= 0.3 is 5.69 Å². The van der Waals surface area contributed by atoms with E-state index in [-0.39, 0.29) is 17.4 Å². The number of nitro benzene ring substituents is 1. The first-order valence-electron chi connectivity index (χ1n) is 4.91. The van der Waals surface area contributed by atoms with Crippen LogP contribution in [-0.2, 0) is 0 Å². The van der Waals surface area contributed by atoms with E-state index in [4.69, 9.17) is 15.9 Å². The average molecular weight is 235 g/mol. The topological polar surface area (TPSA) is 61.6 Å². The van der Waals surface area contributed by atoms with Crippen LogP contribution in [0, 0.1) is 22.5 Å². The van der Waals surface area contributed by atoms with E-state index in [2.05, 4.69) is 5.92 Å². The monoisotopic (exact) mass is 235 g/mol. The number of nitrogens with zero attached hydrogens (tertiary/aromatic N) is 1. The van der Waals surface area contributed by atoms with Crippen LogP contribution in [0.3, 0.4) is 0 Å². The second-order valence-corrected chi connectivity index (χ2v) is 3.42. The third kappa shape index (κ3) is 2.48. The molecule has 0 fully saturated rings. The fourth-order valence-electron chi connectivity index (χ4n) is 1.45. The highest BCUT2D eigenvalue weighted by molar-refractivity contribution is 5.59. The van der Waals surface area contributed by atoms with E-state index in [9.17, 15) is 10.1 Å². The van der Waals surface area contributed by atoms with Gasteiger partial charge in [0.15, 0.2) is 5.75 Å². The molecule has 1 atom stereocenters. The summed E-state index contributed by atoms with van der Waals surface area (Å²) >= 11 is 0. The molecule has 0 saturated carbocycles. The third-order valence-corrected chi connectivity index (χ3v) is 2.43. The zero-order valence-electron chi connectivity index (χ0n) is 9.89. The summed E-state index contributed by atoms with van der Waals surface area (Å²) in [5.74, 6) is 2.70. The van der Waals surface area contributed by atoms with Gasteiger partial charge in [0.25, 0.3) is 0 Å². The molecule has 90 valence electrons. The minimum Gasteiger partial charge on any atom is -0.493 e. The van der Waals surface area contributed by atoms with Crippen LogP contribution in [0.25, 0.3) is 0 Å². The Morgan fingerprint density at radius 1 is 1.41 bits per heavy atom. The van der Waals surface area contributed by atoms with Gasteiger partial charge in [-0.2, -0.15) is 0 Å². The van der Waals surface area contributed by atoms with E-state index < -0.39 is 4.92 Å². The van der Waals surface area contributed by atoms with Crippen molar-refractivity contribution in [2.75, 3.05) is 14.2 Å². The van der Waals surface area contributed by atoms with Crippen LogP contribution in [-0.4, -0.2) is 19.1 Å². The van der Waals surface area contributed by atoms with Crippen LogP contribution in [0.2, 0.25) is 0 Å². The first kappa shape index (κ1) is 12.8. The van der Waals surface area contributed by atoms with Crippen LogP contribution in [0.5, 0.6) is 11.5 Å². The normalized spacial score (nSPS) is 11.4. The van der Waals surface area contributed by atoms with Gasteiger partial charge < -0.3 is 9.47 Å². The highest BCUT2D eigenvalue weighted by Gasteiger charge is 2.22. The number of hydrogen-bond acceptors (Lipinski definition) is 4. The number of rotatable bonds is 4. The predicted molar refractivity (Wildman–Crippen MR) is 63.4 cm³/mol. The Morgan fingerprint density at radius 3 is 2.47 bits per heavy atom. The maximum Gasteiger partial charge on any atom is 0.315 e. The molecule has 17 heavy (non-hydrogen) atoms. The molecule has 0 aliphatic rings. The van der Waals surface area contributed by atoms with E-state index in [0.717, 1.165) is 0 Å². The molecule has 1 aromatic carbocycles. The standard InChI is InChI=1S/C12H13NO4/c1-5-8(2)9-6-10(13(14)15)12(17-4)11(7-9)16-3/h1,6-8H,2-4H3. The van der Waals surface area contributed by atoms with E-state index >= 15 is 0 Å². The van der Waals surface area contributed by atoms with Crippen molar-refractivity contribution in [2.45, 2.75) is 12.8 Å². The molecule has 0 aromatic heterocycles. The average Bonchev–Trinajstić information content (AvgIpc) is 2.35. The molecule has 1 rings (SSSR count). The molecular formula is C12H13NO4. The Morgan fingerprint density at radius 2 is 2.06 bits per heavy atom. The van der Waals surface area contributed by atoms with Crippen LogP contribution >= 0.6 is 0 Å². The zero-order valence-corrected chi connectivity index (χ0v) is 9.89. The fourth-order valence-corrected chi connectivity index (χ4v) is 1.45. The Kier molecular flexibility index (Phi) is 3.94. The number of ether oxygens (including phenoxy) is 2. The number of methoxy groups -OCH3 is 2. The molecule has 0 spiro atoms. The third-order valence-electron chi connectivity index (χ3n) is 2.43. The van der Waals surface area contributed by atoms with Crippen LogP contribution in [0.15, 0.2) is 12.1 Å². The van der Waals surface area contributed by atoms with Gasteiger partial charge in [0.05, 0.1) is 19.1 Å². The molecule has 0 saturated heterocycles. The Bertz CT molecular complexity index is 476. The van der Waals surface area contributed by atoms with Gasteiger partial charge in [-0.1, -0.05) is 5.92 Å². The summed E-state index contributed by atoms with van der Waals surface area (Å²) in [6, 6.07) is 3.06. The molecule has 1 aromatic rings. The first-order chi connectivity index (χ1) is 8.04. The van der Waals surface area contributed by atoms with Gasteiger partial charge in [-0.25, -0.2) is 0 Å². The van der Waals surface area contributed by atoms with Gasteiger partial charge in [-0.3, -0.25) is 10.1 Å². The van der Waals surface area contributed by atoms with Gasteiger partial charge in [-0.05, 0) is 18.6 Å². The summed E-state index contributed by atoms with van der Waals surface area (Å²) in [6.45, 7) is 1.78. The lowest BCUT2D eigenvalue weighted by Crippen LogP contribution is -2.00. The summed E-state index contributed by atoms with van der Waals surface area (Å²) in [5.41, 5.74) is 0.501. The van der Waals surface area contributed by atoms with E-state index in [1.165, 1.54) is 20.3 Å². The Balaban J connectivity index is 3.46. The van der Waals surface area contributed by atoms with Gasteiger partial charge in [0.1, 0.15) is 0 Å². The molecular weight excluding hydrogens is 222 g/mol. The first-order valence-corrected chi connectivity index (χ1v) is 4.91. The minimum atomic E-state index is -0.520. The summed E-state index contributed by atoms with van der Waals surface area (Å²) in [4.78, 5) is 10.4. The van der Waals surface area contributed by atoms with Crippen molar-refractivity contribution < 1.29 is 14.4 Å². The van der Waals surface area contributed by atoms with Crippen LogP contribution < -0.4 is 9.47 Å². The molecule has 1 unspecified atom stereocenters. The maximum absolute atomic E-state index is 10.9. The second kappa shape index (κ2) is 5.21. The summed E-state index contributed by atoms with van der Waals surface area (Å²) in [5, 5.41) is 10.9. The van der Waals surface area contributed by atoms with Gasteiger partial charge in [0.2, 0.25) is 5.75 Å². The fraction of sp³-hybridized carbons (Fsp3) is 0.333. The molecule has 5 heteroatoms. The highest BCUT2D eigenvalue weighted by atomic mass is 16.6. The van der Waals surface area contributed by atoms with Crippen molar-refractivity contribution in [3.63, 3.8) is 0 Å². The lowest BCUT2D eigenvalue weighted by atomic mass is 10.0.